The van der Waals surface area contributed by atoms with E-state index in [0.717, 1.165) is 46.7 Å². The van der Waals surface area contributed by atoms with Gasteiger partial charge in [0.1, 0.15) is 23.7 Å². The Hall–Kier alpha value is -5.94. The molecule has 4 amide bonds. The maximum atomic E-state index is 14.1. The fraction of sp³-hybridized carbons (Fsp3) is 0.577. The topological polar surface area (TPSA) is 196 Å². The van der Waals surface area contributed by atoms with E-state index < -0.39 is 24.3 Å². The molecule has 2 aromatic heterocycles. The first-order chi connectivity index (χ1) is 32.9. The molecule has 69 heavy (non-hydrogen) atoms. The summed E-state index contributed by atoms with van der Waals surface area (Å²) < 4.78 is 21.3. The van der Waals surface area contributed by atoms with Gasteiger partial charge in [0.2, 0.25) is 11.8 Å². The highest BCUT2D eigenvalue weighted by Gasteiger charge is 2.44. The van der Waals surface area contributed by atoms with E-state index >= 15 is 0 Å². The summed E-state index contributed by atoms with van der Waals surface area (Å²) in [5.41, 5.74) is 5.28. The fourth-order valence-electron chi connectivity index (χ4n) is 10.9. The zero-order valence-electron chi connectivity index (χ0n) is 42.0. The molecule has 1 aliphatic carbocycles. The summed E-state index contributed by atoms with van der Waals surface area (Å²) >= 11 is 0. The average Bonchev–Trinajstić information content (AvgIpc) is 4.19. The lowest BCUT2D eigenvalue weighted by Crippen LogP contribution is -2.51. The maximum absolute atomic E-state index is 14.1. The molecule has 17 heteroatoms. The molecule has 5 heterocycles. The SMILES string of the molecule is COC(=O)N[C@H](C(=O)N1C[C@@H](OC)C[C@H]1c1nc2c([nH]1)=CC([C@H]1CC[C@H](c3ccc4nc([C@@H]5C[C@H](OC)CN5C(=O)[C@@H](NC(=O)OC)C(C)C)[nH]c4c3)N1c1ccc(C(C)(C)C)cc1)CC=2)C(C)C. The summed E-state index contributed by atoms with van der Waals surface area (Å²) in [6.45, 7) is 15.1. The van der Waals surface area contributed by atoms with Gasteiger partial charge in [0.05, 0.1) is 66.3 Å². The first-order valence-electron chi connectivity index (χ1n) is 24.4. The van der Waals surface area contributed by atoms with Crippen LogP contribution in [0.15, 0.2) is 42.5 Å². The van der Waals surface area contributed by atoms with Crippen LogP contribution in [0.5, 0.6) is 0 Å². The molecule has 3 saturated heterocycles. The van der Waals surface area contributed by atoms with E-state index in [1.165, 1.54) is 25.3 Å². The lowest BCUT2D eigenvalue weighted by atomic mass is 9.87. The third-order valence-electron chi connectivity index (χ3n) is 14.8. The first-order valence-corrected chi connectivity index (χ1v) is 24.4. The Morgan fingerprint density at radius 2 is 1.29 bits per heavy atom. The predicted octanol–water partition coefficient (Wildman–Crippen LogP) is 5.91. The highest BCUT2D eigenvalue weighted by molar-refractivity contribution is 5.87. The number of hydrogen-bond acceptors (Lipinski definition) is 11. The number of carbonyl (C=O) groups is 4. The normalized spacial score (nSPS) is 24.5. The first kappa shape index (κ1) is 49.5. The van der Waals surface area contributed by atoms with Crippen molar-refractivity contribution in [1.29, 1.82) is 0 Å². The number of likely N-dealkylation sites (tertiary alicyclic amines) is 2. The minimum absolute atomic E-state index is 0.000776. The van der Waals surface area contributed by atoms with Gasteiger partial charge in [-0.2, -0.15) is 0 Å². The van der Waals surface area contributed by atoms with E-state index in [-0.39, 0.29) is 71.4 Å². The fourth-order valence-corrected chi connectivity index (χ4v) is 10.9. The Morgan fingerprint density at radius 1 is 0.725 bits per heavy atom. The van der Waals surface area contributed by atoms with Crippen LogP contribution >= 0.6 is 0 Å². The van der Waals surface area contributed by atoms with Gasteiger partial charge in [-0.15, -0.1) is 0 Å². The van der Waals surface area contributed by atoms with Gasteiger partial charge in [-0.05, 0) is 71.9 Å². The molecule has 9 atom stereocenters. The second-order valence-corrected chi connectivity index (χ2v) is 20.9. The van der Waals surface area contributed by atoms with Crippen LogP contribution in [-0.4, -0.2) is 126 Å². The number of fused-ring (bicyclic) bond motifs is 2. The molecule has 2 aromatic carbocycles. The Kier molecular flexibility index (Phi) is 14.5. The number of carbonyl (C=O) groups excluding carboxylic acids is 4. The summed E-state index contributed by atoms with van der Waals surface area (Å²) in [4.78, 5) is 76.3. The number of nitrogens with one attached hydrogen (secondary N) is 4. The van der Waals surface area contributed by atoms with Gasteiger partial charge in [-0.25, -0.2) is 19.6 Å². The molecule has 3 aliphatic heterocycles. The third-order valence-corrected chi connectivity index (χ3v) is 14.8. The number of benzene rings is 2. The van der Waals surface area contributed by atoms with Crippen molar-refractivity contribution in [1.82, 2.24) is 40.4 Å². The van der Waals surface area contributed by atoms with E-state index in [1.807, 2.05) is 27.7 Å². The second kappa shape index (κ2) is 20.2. The van der Waals surface area contributed by atoms with Gasteiger partial charge in [0, 0.05) is 57.8 Å². The number of alkyl carbamates (subject to hydrolysis) is 2. The number of methoxy groups -OCH3 is 4. The van der Waals surface area contributed by atoms with Crippen LogP contribution in [0.4, 0.5) is 15.3 Å². The number of aromatic amines is 2. The van der Waals surface area contributed by atoms with Gasteiger partial charge in [0.25, 0.3) is 0 Å². The Labute approximate surface area is 404 Å². The molecule has 8 rings (SSSR count). The van der Waals surface area contributed by atoms with Crippen LogP contribution in [-0.2, 0) is 34.0 Å². The van der Waals surface area contributed by atoms with Crippen LogP contribution in [0, 0.1) is 17.8 Å². The van der Waals surface area contributed by atoms with E-state index in [1.54, 1.807) is 24.0 Å². The highest BCUT2D eigenvalue weighted by atomic mass is 16.5. The summed E-state index contributed by atoms with van der Waals surface area (Å²) in [6.07, 6.45) is 6.70. The summed E-state index contributed by atoms with van der Waals surface area (Å²) in [5.74, 6) is 0.793. The number of amides is 4. The van der Waals surface area contributed by atoms with Crippen LogP contribution in [0.2, 0.25) is 0 Å². The minimum Gasteiger partial charge on any atom is -0.453 e. The van der Waals surface area contributed by atoms with Gasteiger partial charge in [-0.1, -0.05) is 78.8 Å². The summed E-state index contributed by atoms with van der Waals surface area (Å²) in [6, 6.07) is 13.4. The number of hydrogen-bond donors (Lipinski definition) is 4. The lowest BCUT2D eigenvalue weighted by molar-refractivity contribution is -0.136. The molecular weight excluding hydrogens is 879 g/mol. The molecule has 0 spiro atoms. The van der Waals surface area contributed by atoms with Crippen LogP contribution < -0.4 is 26.2 Å². The zero-order chi connectivity index (χ0) is 49.5. The van der Waals surface area contributed by atoms with Gasteiger partial charge in [0.15, 0.2) is 0 Å². The second-order valence-electron chi connectivity index (χ2n) is 20.9. The molecule has 0 saturated carbocycles. The number of nitrogens with zero attached hydrogens (tertiary/aromatic N) is 5. The van der Waals surface area contributed by atoms with Crippen LogP contribution in [0.1, 0.15) is 121 Å². The maximum Gasteiger partial charge on any atom is 0.407 e. The number of imidazole rings is 2. The van der Waals surface area contributed by atoms with E-state index in [9.17, 15) is 19.2 Å². The monoisotopic (exact) mass is 950 g/mol. The summed E-state index contributed by atoms with van der Waals surface area (Å²) in [5, 5.41) is 7.29. The minimum atomic E-state index is -0.774. The zero-order valence-corrected chi connectivity index (χ0v) is 42.0. The van der Waals surface area contributed by atoms with Crippen molar-refractivity contribution in [3.05, 3.63) is 75.9 Å². The largest absolute Gasteiger partial charge is 0.453 e. The highest BCUT2D eigenvalue weighted by Crippen LogP contribution is 2.45. The van der Waals surface area contributed by atoms with Gasteiger partial charge < -0.3 is 54.2 Å². The van der Waals surface area contributed by atoms with Crippen molar-refractivity contribution in [2.45, 2.75) is 134 Å². The molecule has 17 nitrogen and oxygen atoms in total. The average molecular weight is 950 g/mol. The molecule has 4 N–H and O–H groups in total. The number of H-pyrrole nitrogens is 2. The lowest BCUT2D eigenvalue weighted by Gasteiger charge is -2.37. The van der Waals surface area contributed by atoms with Crippen molar-refractivity contribution in [2.75, 3.05) is 46.4 Å². The van der Waals surface area contributed by atoms with E-state index in [2.05, 4.69) is 101 Å². The number of rotatable bonds is 13. The van der Waals surface area contributed by atoms with Crippen molar-refractivity contribution in [2.24, 2.45) is 17.8 Å². The van der Waals surface area contributed by atoms with Crippen molar-refractivity contribution in [3.8, 4) is 0 Å². The quantitative estimate of drug-likeness (QED) is 0.124. The van der Waals surface area contributed by atoms with Crippen molar-refractivity contribution >= 4 is 52.9 Å². The molecule has 0 bridgehead atoms. The van der Waals surface area contributed by atoms with Gasteiger partial charge in [-0.3, -0.25) is 9.59 Å². The number of aromatic nitrogens is 4. The molecule has 4 aromatic rings. The Balaban J connectivity index is 1.10. The smallest absolute Gasteiger partial charge is 0.407 e. The Bertz CT molecular complexity index is 2640. The number of anilines is 1. The molecule has 0 radical (unpaired) electrons. The van der Waals surface area contributed by atoms with Crippen molar-refractivity contribution < 1.29 is 38.1 Å². The molecular formula is C52H71N9O8. The van der Waals surface area contributed by atoms with Crippen molar-refractivity contribution in [3.63, 3.8) is 0 Å². The molecule has 372 valence electrons. The summed E-state index contributed by atoms with van der Waals surface area (Å²) in [7, 11) is 5.90. The molecule has 3 fully saturated rings. The predicted molar refractivity (Wildman–Crippen MR) is 262 cm³/mol. The standard InChI is InChI=1S/C52H71N9O8/c1-28(2)44(57-50(64)68-10)48(62)59-26-34(66-8)24-42(59)46-53-36-18-12-30(22-38(36)55-46)40-20-21-41(61(40)33-16-14-32(15-17-33)52(5,6)7)31-13-19-37-39(23-31)56-47(54-37)43-25-35(67-9)27-60(43)49(63)45(29(3)4)58-51(65)69-11/h12,14-19,22-23,28-29,31,34-35,40-45H,13,20-21,24-27H2,1-11H3,(H,53,55)(H,54,56)(H,57,64)(H,58,65)/t31?,34-,35-,40+,41+,42-,43-,44-,45-/m0/s1. The van der Waals surface area contributed by atoms with E-state index in [4.69, 9.17) is 28.9 Å². The third kappa shape index (κ3) is 10.1. The van der Waals surface area contributed by atoms with E-state index in [0.29, 0.717) is 37.6 Å². The van der Waals surface area contributed by atoms with Crippen LogP contribution in [0.25, 0.3) is 23.2 Å². The number of ether oxygens (including phenoxy) is 4. The Morgan fingerprint density at radius 3 is 1.81 bits per heavy atom. The molecule has 4 aliphatic rings. The molecule has 1 unspecified atom stereocenters. The van der Waals surface area contributed by atoms with Gasteiger partial charge >= 0.3 is 12.2 Å². The van der Waals surface area contributed by atoms with Crippen LogP contribution in [0.3, 0.4) is 0 Å².